The zero-order valence-electron chi connectivity index (χ0n) is 5.38. The average molecular weight is 168 g/mol. The predicted octanol–water partition coefficient (Wildman–Crippen LogP) is -2.01. The van der Waals surface area contributed by atoms with Crippen molar-refractivity contribution in [1.29, 1.82) is 0 Å². The molecule has 0 fully saturated rings. The molecule has 62 valence electrons. The summed E-state index contributed by atoms with van der Waals surface area (Å²) < 4.78 is 0. The van der Waals surface area contributed by atoms with Crippen molar-refractivity contribution in [2.75, 3.05) is 12.4 Å². The van der Waals surface area contributed by atoms with E-state index in [4.69, 9.17) is 20.4 Å². The third-order valence-electron chi connectivity index (χ3n) is 1.16. The van der Waals surface area contributed by atoms with Gasteiger partial charge in [0, 0.05) is 5.75 Å². The summed E-state index contributed by atoms with van der Waals surface area (Å²) in [4.78, 5) is 0. The normalized spacial score (nSPS) is 20.1. The Morgan fingerprint density at radius 2 is 1.60 bits per heavy atom. The van der Waals surface area contributed by atoms with Crippen LogP contribution in [0.4, 0.5) is 0 Å². The second kappa shape index (κ2) is 4.92. The van der Waals surface area contributed by atoms with Gasteiger partial charge >= 0.3 is 0 Å². The first-order valence-electron chi connectivity index (χ1n) is 2.89. The summed E-state index contributed by atoms with van der Waals surface area (Å²) in [5.41, 5.74) is 0. The summed E-state index contributed by atoms with van der Waals surface area (Å²) in [6.07, 6.45) is -3.70. The summed E-state index contributed by atoms with van der Waals surface area (Å²) in [5.74, 6) is 0.0538. The van der Waals surface area contributed by atoms with E-state index < -0.39 is 24.9 Å². The zero-order chi connectivity index (χ0) is 8.15. The van der Waals surface area contributed by atoms with Crippen LogP contribution in [0.1, 0.15) is 0 Å². The molecule has 0 saturated heterocycles. The summed E-state index contributed by atoms with van der Waals surface area (Å²) in [6, 6.07) is 0. The summed E-state index contributed by atoms with van der Waals surface area (Å²) in [6.45, 7) is -0.563. The highest BCUT2D eigenvalue weighted by Crippen LogP contribution is 2.00. The van der Waals surface area contributed by atoms with E-state index in [0.29, 0.717) is 0 Å². The molecule has 3 atom stereocenters. The molecule has 0 amide bonds. The Hall–Kier alpha value is 0.190. The van der Waals surface area contributed by atoms with Crippen LogP contribution in [-0.2, 0) is 0 Å². The zero-order valence-corrected chi connectivity index (χ0v) is 6.28. The van der Waals surface area contributed by atoms with Gasteiger partial charge in [-0.05, 0) is 0 Å². The van der Waals surface area contributed by atoms with Gasteiger partial charge in [0.25, 0.3) is 0 Å². The van der Waals surface area contributed by atoms with Gasteiger partial charge in [-0.1, -0.05) is 0 Å². The molecule has 0 saturated carbocycles. The second-order valence-corrected chi connectivity index (χ2v) is 2.36. The van der Waals surface area contributed by atoms with Crippen LogP contribution in [0.2, 0.25) is 0 Å². The Morgan fingerprint density at radius 3 is 1.90 bits per heavy atom. The van der Waals surface area contributed by atoms with Crippen LogP contribution < -0.4 is 0 Å². The first kappa shape index (κ1) is 10.2. The molecular weight excluding hydrogens is 156 g/mol. The van der Waals surface area contributed by atoms with Gasteiger partial charge in [-0.25, -0.2) is 0 Å². The van der Waals surface area contributed by atoms with Crippen molar-refractivity contribution < 1.29 is 20.4 Å². The standard InChI is InChI=1S/C5H12O4S/c6-1-3(7)5(9)4(8)2-10/h3-10H,1-2H2/t3-,4+,5-/m1/s1. The molecule has 0 bridgehead atoms. The molecule has 0 aromatic carbocycles. The van der Waals surface area contributed by atoms with E-state index in [1.807, 2.05) is 0 Å². The molecule has 0 heterocycles. The van der Waals surface area contributed by atoms with E-state index in [2.05, 4.69) is 12.6 Å². The van der Waals surface area contributed by atoms with Crippen LogP contribution >= 0.6 is 12.6 Å². The van der Waals surface area contributed by atoms with Crippen molar-refractivity contribution in [3.05, 3.63) is 0 Å². The fourth-order valence-corrected chi connectivity index (χ4v) is 0.688. The second-order valence-electron chi connectivity index (χ2n) is 1.99. The van der Waals surface area contributed by atoms with Crippen LogP contribution in [-0.4, -0.2) is 51.1 Å². The number of aliphatic hydroxyl groups is 4. The van der Waals surface area contributed by atoms with E-state index in [9.17, 15) is 0 Å². The summed E-state index contributed by atoms with van der Waals surface area (Å²) in [5, 5.41) is 34.7. The molecular formula is C5H12O4S. The number of rotatable bonds is 4. The van der Waals surface area contributed by atoms with Crippen molar-refractivity contribution in [1.82, 2.24) is 0 Å². The minimum Gasteiger partial charge on any atom is -0.394 e. The largest absolute Gasteiger partial charge is 0.394 e. The molecule has 0 rings (SSSR count). The number of aliphatic hydroxyl groups excluding tert-OH is 4. The molecule has 0 aromatic rings. The lowest BCUT2D eigenvalue weighted by Gasteiger charge is -2.19. The Kier molecular flexibility index (Phi) is 5.02. The van der Waals surface area contributed by atoms with Crippen LogP contribution in [0, 0.1) is 0 Å². The molecule has 0 aliphatic rings. The maximum absolute atomic E-state index is 8.88. The highest BCUT2D eigenvalue weighted by molar-refractivity contribution is 7.80. The quantitative estimate of drug-likeness (QED) is 0.314. The van der Waals surface area contributed by atoms with Gasteiger partial charge in [-0.15, -0.1) is 0 Å². The molecule has 5 heteroatoms. The molecule has 4 nitrogen and oxygen atoms in total. The van der Waals surface area contributed by atoms with Gasteiger partial charge in [0.15, 0.2) is 0 Å². The van der Waals surface area contributed by atoms with Crippen molar-refractivity contribution in [2.24, 2.45) is 0 Å². The maximum Gasteiger partial charge on any atom is 0.109 e. The Morgan fingerprint density at radius 1 is 1.10 bits per heavy atom. The maximum atomic E-state index is 8.88. The van der Waals surface area contributed by atoms with Crippen molar-refractivity contribution in [2.45, 2.75) is 18.3 Å². The van der Waals surface area contributed by atoms with Crippen molar-refractivity contribution in [3.63, 3.8) is 0 Å². The molecule has 0 radical (unpaired) electrons. The average Bonchev–Trinajstić information content (AvgIpc) is 2.00. The minimum atomic E-state index is -1.32. The van der Waals surface area contributed by atoms with Gasteiger partial charge < -0.3 is 20.4 Å². The van der Waals surface area contributed by atoms with Crippen molar-refractivity contribution >= 4 is 12.6 Å². The topological polar surface area (TPSA) is 80.9 Å². The van der Waals surface area contributed by atoms with Crippen LogP contribution in [0.15, 0.2) is 0 Å². The van der Waals surface area contributed by atoms with Gasteiger partial charge in [-0.2, -0.15) is 12.6 Å². The predicted molar refractivity (Wildman–Crippen MR) is 39.0 cm³/mol. The minimum absolute atomic E-state index is 0.0538. The third kappa shape index (κ3) is 2.85. The van der Waals surface area contributed by atoms with Crippen LogP contribution in [0.3, 0.4) is 0 Å². The van der Waals surface area contributed by atoms with E-state index in [1.165, 1.54) is 0 Å². The van der Waals surface area contributed by atoms with Gasteiger partial charge in [-0.3, -0.25) is 0 Å². The molecule has 0 unspecified atom stereocenters. The lowest BCUT2D eigenvalue weighted by atomic mass is 10.1. The highest BCUT2D eigenvalue weighted by atomic mass is 32.1. The van der Waals surface area contributed by atoms with Gasteiger partial charge in [0.2, 0.25) is 0 Å². The fourth-order valence-electron chi connectivity index (χ4n) is 0.472. The fraction of sp³-hybridized carbons (Fsp3) is 1.00. The molecule has 0 spiro atoms. The highest BCUT2D eigenvalue weighted by Gasteiger charge is 2.22. The monoisotopic (exact) mass is 168 g/mol. The smallest absolute Gasteiger partial charge is 0.109 e. The summed E-state index contributed by atoms with van der Waals surface area (Å²) in [7, 11) is 0. The van der Waals surface area contributed by atoms with Crippen LogP contribution in [0.25, 0.3) is 0 Å². The van der Waals surface area contributed by atoms with E-state index in [0.717, 1.165) is 0 Å². The SMILES string of the molecule is OC[C@@H](O)[C@@H](O)[C@@H](O)CS. The lowest BCUT2D eigenvalue weighted by molar-refractivity contribution is -0.0682. The molecule has 0 aliphatic carbocycles. The molecule has 0 aliphatic heterocycles. The van der Waals surface area contributed by atoms with Crippen molar-refractivity contribution in [3.8, 4) is 0 Å². The molecule has 4 N–H and O–H groups in total. The molecule has 10 heavy (non-hydrogen) atoms. The number of hydrogen-bond donors (Lipinski definition) is 5. The molecule has 0 aromatic heterocycles. The van der Waals surface area contributed by atoms with Crippen LogP contribution in [0.5, 0.6) is 0 Å². The number of thiol groups is 1. The van der Waals surface area contributed by atoms with Gasteiger partial charge in [0.1, 0.15) is 12.2 Å². The Balaban J connectivity index is 3.69. The number of hydrogen-bond acceptors (Lipinski definition) is 5. The Bertz CT molecular complexity index is 79.7. The first-order valence-corrected chi connectivity index (χ1v) is 3.52. The first-order chi connectivity index (χ1) is 4.63. The van der Waals surface area contributed by atoms with E-state index in [1.54, 1.807) is 0 Å². The van der Waals surface area contributed by atoms with E-state index >= 15 is 0 Å². The summed E-state index contributed by atoms with van der Waals surface area (Å²) >= 11 is 3.69. The van der Waals surface area contributed by atoms with E-state index in [-0.39, 0.29) is 5.75 Å². The third-order valence-corrected chi connectivity index (χ3v) is 1.54. The Labute approximate surface area is 64.5 Å². The van der Waals surface area contributed by atoms with Gasteiger partial charge in [0.05, 0.1) is 12.7 Å². The lowest BCUT2D eigenvalue weighted by Crippen LogP contribution is -2.40.